The molecule has 3 saturated carbocycles. The predicted octanol–water partition coefficient (Wildman–Crippen LogP) is 6.09. The molecular formula is C27H42O4. The lowest BCUT2D eigenvalue weighted by Crippen LogP contribution is -2.51. The summed E-state index contributed by atoms with van der Waals surface area (Å²) in [5.41, 5.74) is 2.26. The molecule has 3 fully saturated rings. The van der Waals surface area contributed by atoms with Gasteiger partial charge in [-0.2, -0.15) is 0 Å². The van der Waals surface area contributed by atoms with E-state index in [1.54, 1.807) is 5.57 Å². The van der Waals surface area contributed by atoms with Crippen molar-refractivity contribution in [1.82, 2.24) is 0 Å². The maximum atomic E-state index is 11.7. The van der Waals surface area contributed by atoms with Gasteiger partial charge in [0, 0.05) is 19.8 Å². The second-order valence-electron chi connectivity index (χ2n) is 11.6. The van der Waals surface area contributed by atoms with E-state index in [-0.39, 0.29) is 23.5 Å². The van der Waals surface area contributed by atoms with Crippen molar-refractivity contribution in [3.63, 3.8) is 0 Å². The van der Waals surface area contributed by atoms with E-state index in [9.17, 15) is 9.59 Å². The van der Waals surface area contributed by atoms with Crippen molar-refractivity contribution in [2.24, 2.45) is 40.4 Å². The number of allylic oxidation sites excluding steroid dienone is 1. The molecule has 0 aliphatic heterocycles. The van der Waals surface area contributed by atoms with Crippen LogP contribution in [0.25, 0.3) is 0 Å². The lowest BCUT2D eigenvalue weighted by molar-refractivity contribution is -0.148. The van der Waals surface area contributed by atoms with Crippen LogP contribution in [-0.2, 0) is 19.1 Å². The maximum Gasteiger partial charge on any atom is 0.305 e. The highest BCUT2D eigenvalue weighted by Gasteiger charge is 2.59. The van der Waals surface area contributed by atoms with Crippen LogP contribution in [0.4, 0.5) is 0 Å². The number of hydrogen-bond donors (Lipinski definition) is 0. The number of fused-ring (bicyclic) bond motifs is 5. The summed E-state index contributed by atoms with van der Waals surface area (Å²) >= 11 is 0. The lowest BCUT2D eigenvalue weighted by atomic mass is 9.47. The number of hydrogen-bond acceptors (Lipinski definition) is 4. The standard InChI is InChI=1S/C27H42O4/c1-17(6-11-25(29)30-5)22-9-10-23-21-8-7-19-16-20(31-18(2)28)12-14-26(19,3)24(21)13-15-27(22,23)4/h7,17,20-24H,6,8-16H2,1-5H3/t17?,20?,21?,22?,23?,24?,26-,27+/m0/s1. The highest BCUT2D eigenvalue weighted by molar-refractivity contribution is 5.69. The predicted molar refractivity (Wildman–Crippen MR) is 121 cm³/mol. The van der Waals surface area contributed by atoms with Gasteiger partial charge in [-0.05, 0) is 91.8 Å². The van der Waals surface area contributed by atoms with E-state index >= 15 is 0 Å². The Morgan fingerprint density at radius 3 is 2.61 bits per heavy atom. The van der Waals surface area contributed by atoms with Crippen molar-refractivity contribution < 1.29 is 19.1 Å². The molecule has 0 spiro atoms. The Morgan fingerprint density at radius 2 is 1.90 bits per heavy atom. The van der Waals surface area contributed by atoms with Crippen LogP contribution in [0.5, 0.6) is 0 Å². The quantitative estimate of drug-likeness (QED) is 0.391. The van der Waals surface area contributed by atoms with Crippen LogP contribution in [0.3, 0.4) is 0 Å². The van der Waals surface area contributed by atoms with Gasteiger partial charge in [0.05, 0.1) is 7.11 Å². The fraction of sp³-hybridized carbons (Fsp3) is 0.852. The van der Waals surface area contributed by atoms with Crippen LogP contribution in [-0.4, -0.2) is 25.2 Å². The summed E-state index contributed by atoms with van der Waals surface area (Å²) in [4.78, 5) is 23.1. The minimum Gasteiger partial charge on any atom is -0.469 e. The van der Waals surface area contributed by atoms with Crippen LogP contribution in [0, 0.1) is 40.4 Å². The van der Waals surface area contributed by atoms with Gasteiger partial charge in [0.2, 0.25) is 0 Å². The second kappa shape index (κ2) is 8.56. The Kier molecular flexibility index (Phi) is 6.31. The van der Waals surface area contributed by atoms with E-state index in [0.29, 0.717) is 17.8 Å². The third-order valence-corrected chi connectivity index (χ3v) is 10.2. The molecule has 0 radical (unpaired) electrons. The van der Waals surface area contributed by atoms with Crippen LogP contribution in [0.2, 0.25) is 0 Å². The first kappa shape index (κ1) is 22.9. The zero-order valence-electron chi connectivity index (χ0n) is 20.2. The number of methoxy groups -OCH3 is 1. The normalized spacial score (nSPS) is 42.5. The van der Waals surface area contributed by atoms with Gasteiger partial charge in [-0.15, -0.1) is 0 Å². The average Bonchev–Trinajstić information content (AvgIpc) is 3.09. The summed E-state index contributed by atoms with van der Waals surface area (Å²) < 4.78 is 10.5. The van der Waals surface area contributed by atoms with Gasteiger partial charge in [-0.1, -0.05) is 32.4 Å². The van der Waals surface area contributed by atoms with Crippen molar-refractivity contribution in [2.45, 2.75) is 98.0 Å². The minimum atomic E-state index is -0.144. The SMILES string of the molecule is COC(=O)CCC(C)C1CCC2C3CC=C4CC(OC(C)=O)CC[C@]4(C)C3CC[C@]12C. The summed E-state index contributed by atoms with van der Waals surface area (Å²) in [7, 11) is 1.49. The fourth-order valence-electron chi connectivity index (χ4n) is 8.59. The molecule has 4 heteroatoms. The maximum absolute atomic E-state index is 11.7. The van der Waals surface area contributed by atoms with Crippen molar-refractivity contribution >= 4 is 11.9 Å². The highest BCUT2D eigenvalue weighted by atomic mass is 16.5. The molecule has 6 unspecified atom stereocenters. The summed E-state index contributed by atoms with van der Waals surface area (Å²) in [5, 5.41) is 0. The van der Waals surface area contributed by atoms with Gasteiger partial charge in [-0.3, -0.25) is 9.59 Å². The van der Waals surface area contributed by atoms with Gasteiger partial charge >= 0.3 is 11.9 Å². The number of rotatable bonds is 5. The van der Waals surface area contributed by atoms with Gasteiger partial charge in [0.25, 0.3) is 0 Å². The van der Waals surface area contributed by atoms with Gasteiger partial charge < -0.3 is 9.47 Å². The molecule has 4 aliphatic carbocycles. The average molecular weight is 431 g/mol. The molecule has 4 aliphatic rings. The van der Waals surface area contributed by atoms with E-state index in [1.165, 1.54) is 46.1 Å². The molecule has 0 aromatic rings. The van der Waals surface area contributed by atoms with E-state index in [0.717, 1.165) is 49.4 Å². The zero-order chi connectivity index (χ0) is 22.4. The Hall–Kier alpha value is -1.32. The van der Waals surface area contributed by atoms with E-state index in [1.807, 2.05) is 0 Å². The van der Waals surface area contributed by atoms with Gasteiger partial charge in [-0.25, -0.2) is 0 Å². The first-order valence-corrected chi connectivity index (χ1v) is 12.6. The van der Waals surface area contributed by atoms with Crippen molar-refractivity contribution in [1.29, 1.82) is 0 Å². The number of carbonyl (C=O) groups is 2. The Bertz CT molecular complexity index is 742. The monoisotopic (exact) mass is 430 g/mol. The molecule has 0 aromatic carbocycles. The molecule has 4 rings (SSSR count). The zero-order valence-corrected chi connectivity index (χ0v) is 20.2. The molecule has 0 saturated heterocycles. The van der Waals surface area contributed by atoms with E-state index in [2.05, 4.69) is 26.8 Å². The lowest BCUT2D eigenvalue weighted by Gasteiger charge is -2.58. The topological polar surface area (TPSA) is 52.6 Å². The van der Waals surface area contributed by atoms with E-state index in [4.69, 9.17) is 9.47 Å². The Balaban J connectivity index is 1.48. The van der Waals surface area contributed by atoms with Crippen LogP contribution in [0.1, 0.15) is 91.9 Å². The van der Waals surface area contributed by atoms with Gasteiger partial charge in [0.15, 0.2) is 0 Å². The summed E-state index contributed by atoms with van der Waals surface area (Å²) in [6, 6.07) is 0. The summed E-state index contributed by atoms with van der Waals surface area (Å²) in [5.74, 6) is 3.45. The third kappa shape index (κ3) is 3.97. The number of ether oxygens (including phenoxy) is 2. The molecule has 0 amide bonds. The molecule has 0 aromatic heterocycles. The molecule has 174 valence electrons. The molecule has 0 N–H and O–H groups in total. The first-order chi connectivity index (χ1) is 14.7. The molecule has 31 heavy (non-hydrogen) atoms. The molecule has 4 nitrogen and oxygen atoms in total. The van der Waals surface area contributed by atoms with Crippen molar-refractivity contribution in [2.75, 3.05) is 7.11 Å². The Labute approximate surface area is 188 Å². The Morgan fingerprint density at radius 1 is 1.13 bits per heavy atom. The molecule has 0 bridgehead atoms. The molecule has 8 atom stereocenters. The smallest absolute Gasteiger partial charge is 0.305 e. The number of carbonyl (C=O) groups excluding carboxylic acids is 2. The van der Waals surface area contributed by atoms with Crippen molar-refractivity contribution in [3.05, 3.63) is 11.6 Å². The highest BCUT2D eigenvalue weighted by Crippen LogP contribution is 2.67. The first-order valence-electron chi connectivity index (χ1n) is 12.6. The van der Waals surface area contributed by atoms with Gasteiger partial charge in [0.1, 0.15) is 6.10 Å². The number of esters is 2. The van der Waals surface area contributed by atoms with Crippen LogP contribution >= 0.6 is 0 Å². The van der Waals surface area contributed by atoms with Crippen molar-refractivity contribution in [3.8, 4) is 0 Å². The fourth-order valence-corrected chi connectivity index (χ4v) is 8.59. The van der Waals surface area contributed by atoms with Crippen LogP contribution in [0.15, 0.2) is 11.6 Å². The van der Waals surface area contributed by atoms with E-state index < -0.39 is 0 Å². The largest absolute Gasteiger partial charge is 0.469 e. The third-order valence-electron chi connectivity index (χ3n) is 10.2. The minimum absolute atomic E-state index is 0.0718. The van der Waals surface area contributed by atoms with Crippen LogP contribution < -0.4 is 0 Å². The molecular weight excluding hydrogens is 388 g/mol. The second-order valence-corrected chi connectivity index (χ2v) is 11.6. The summed E-state index contributed by atoms with van der Waals surface area (Å²) in [6.45, 7) is 8.97. The summed E-state index contributed by atoms with van der Waals surface area (Å²) in [6.07, 6.45) is 13.7. The molecule has 0 heterocycles.